The number of hydrogen-bond acceptors (Lipinski definition) is 4. The number of hydrogen-bond donors (Lipinski definition) is 1. The number of aliphatic imine (C=N–C) groups is 1. The largest absolute Gasteiger partial charge is 0.325 e. The van der Waals surface area contributed by atoms with E-state index in [2.05, 4.69) is 14.9 Å². The molecule has 30 heavy (non-hydrogen) atoms. The zero-order chi connectivity index (χ0) is 21.4. The third-order valence-electron chi connectivity index (χ3n) is 5.43. The van der Waals surface area contributed by atoms with Gasteiger partial charge in [-0.2, -0.15) is 5.10 Å². The number of benzene rings is 2. The summed E-state index contributed by atoms with van der Waals surface area (Å²) in [5, 5.41) is 5.04. The number of carbonyl (C=O) groups is 1. The second-order valence-electron chi connectivity index (χ2n) is 7.07. The Morgan fingerprint density at radius 3 is 2.67 bits per heavy atom. The van der Waals surface area contributed by atoms with Gasteiger partial charge in [-0.15, -0.1) is 0 Å². The Hall–Kier alpha value is -3.27. The van der Waals surface area contributed by atoms with Gasteiger partial charge in [0.15, 0.2) is 5.78 Å². The van der Waals surface area contributed by atoms with E-state index in [1.165, 1.54) is 0 Å². The Labute approximate surface area is 179 Å². The topological polar surface area (TPSA) is 77.6 Å². The highest BCUT2D eigenvalue weighted by molar-refractivity contribution is 6.32. The Bertz CT molecular complexity index is 1250. The molecular formula is C23H20ClN5O. The third kappa shape index (κ3) is 3.13. The molecule has 2 N–H and O–H groups in total. The summed E-state index contributed by atoms with van der Waals surface area (Å²) in [5.41, 5.74) is 12.7. The molecular weight excluding hydrogens is 398 g/mol. The molecule has 0 unspecified atom stereocenters. The number of fused-ring (bicyclic) bond motifs is 1. The van der Waals surface area contributed by atoms with Crippen molar-refractivity contribution in [1.82, 2.24) is 9.78 Å². The highest BCUT2D eigenvalue weighted by atomic mass is 35.5. The van der Waals surface area contributed by atoms with Crippen molar-refractivity contribution in [2.24, 2.45) is 17.8 Å². The number of nitrogens with two attached hydrogens (primary N) is 1. The van der Waals surface area contributed by atoms with E-state index >= 15 is 0 Å². The number of carbonyl (C=O) groups excluding carboxylic acids is 1. The van der Waals surface area contributed by atoms with Crippen LogP contribution in [0.2, 0.25) is 5.02 Å². The lowest BCUT2D eigenvalue weighted by molar-refractivity contribution is 0.1000. The van der Waals surface area contributed by atoms with Crippen molar-refractivity contribution in [3.63, 3.8) is 0 Å². The number of Topliss-reactive ketones (excluding diaryl/α,β-unsaturated/α-hetero) is 1. The van der Waals surface area contributed by atoms with E-state index in [1.54, 1.807) is 10.9 Å². The number of ketones is 1. The van der Waals surface area contributed by atoms with E-state index in [0.29, 0.717) is 22.7 Å². The standard InChI is InChI=1S/C23H20ClN5O/c1-4-14-19(24)8-7-16(22(14)26-2)23-18(11-28-29(23)3)13-5-6-15-17(9-13)20(10-25)27-12-21(15)30/h5-9,11H,4,10,12,25H2,1,3H3. The van der Waals surface area contributed by atoms with Crippen molar-refractivity contribution in [3.05, 3.63) is 69.7 Å². The first-order chi connectivity index (χ1) is 14.5. The van der Waals surface area contributed by atoms with Gasteiger partial charge in [0, 0.05) is 40.9 Å². The fourth-order valence-electron chi connectivity index (χ4n) is 3.94. The van der Waals surface area contributed by atoms with E-state index in [4.69, 9.17) is 23.9 Å². The van der Waals surface area contributed by atoms with Gasteiger partial charge in [-0.1, -0.05) is 36.7 Å². The van der Waals surface area contributed by atoms with E-state index in [-0.39, 0.29) is 18.9 Å². The molecule has 0 radical (unpaired) electrons. The molecule has 2 aromatic carbocycles. The summed E-state index contributed by atoms with van der Waals surface area (Å²) in [5.74, 6) is -0.0132. The molecule has 4 rings (SSSR count). The minimum absolute atomic E-state index is 0.0132. The predicted octanol–water partition coefficient (Wildman–Crippen LogP) is 4.46. The van der Waals surface area contributed by atoms with E-state index in [9.17, 15) is 4.79 Å². The maximum atomic E-state index is 12.3. The van der Waals surface area contributed by atoms with Gasteiger partial charge in [-0.05, 0) is 29.7 Å². The summed E-state index contributed by atoms with van der Waals surface area (Å²) in [6.45, 7) is 10.1. The molecule has 0 fully saturated rings. The minimum Gasteiger partial charge on any atom is -0.325 e. The highest BCUT2D eigenvalue weighted by Crippen LogP contribution is 2.42. The maximum Gasteiger partial charge on any atom is 0.201 e. The van der Waals surface area contributed by atoms with Crippen LogP contribution in [0, 0.1) is 6.57 Å². The summed E-state index contributed by atoms with van der Waals surface area (Å²) < 4.78 is 1.76. The second-order valence-corrected chi connectivity index (χ2v) is 7.48. The maximum absolute atomic E-state index is 12.3. The number of aryl methyl sites for hydroxylation is 1. The zero-order valence-corrected chi connectivity index (χ0v) is 17.5. The van der Waals surface area contributed by atoms with Crippen LogP contribution in [0.25, 0.3) is 27.2 Å². The monoisotopic (exact) mass is 417 g/mol. The lowest BCUT2D eigenvalue weighted by Gasteiger charge is -2.17. The Kier molecular flexibility index (Phi) is 5.25. The van der Waals surface area contributed by atoms with E-state index in [0.717, 1.165) is 39.2 Å². The van der Waals surface area contributed by atoms with Gasteiger partial charge in [0.05, 0.1) is 24.2 Å². The van der Waals surface area contributed by atoms with E-state index in [1.807, 2.05) is 44.3 Å². The average molecular weight is 418 g/mol. The van der Waals surface area contributed by atoms with Crippen LogP contribution in [-0.2, 0) is 13.5 Å². The smallest absolute Gasteiger partial charge is 0.201 e. The summed E-state index contributed by atoms with van der Waals surface area (Å²) in [4.78, 5) is 20.4. The molecule has 0 spiro atoms. The number of aromatic nitrogens is 2. The summed E-state index contributed by atoms with van der Waals surface area (Å²) in [7, 11) is 1.85. The van der Waals surface area contributed by atoms with Gasteiger partial charge in [0.25, 0.3) is 0 Å². The fourth-order valence-corrected chi connectivity index (χ4v) is 4.23. The normalized spacial score (nSPS) is 13.0. The molecule has 0 atom stereocenters. The molecule has 6 nitrogen and oxygen atoms in total. The molecule has 2 heterocycles. The van der Waals surface area contributed by atoms with Gasteiger partial charge in [0.2, 0.25) is 5.69 Å². The molecule has 0 saturated carbocycles. The molecule has 1 aromatic heterocycles. The minimum atomic E-state index is -0.0132. The molecule has 3 aromatic rings. The van der Waals surface area contributed by atoms with Crippen molar-refractivity contribution in [2.45, 2.75) is 13.3 Å². The average Bonchev–Trinajstić information content (AvgIpc) is 3.14. The quantitative estimate of drug-likeness (QED) is 0.636. The first-order valence-corrected chi connectivity index (χ1v) is 10.0. The fraction of sp³-hybridized carbons (Fsp3) is 0.217. The molecule has 0 aliphatic carbocycles. The SMILES string of the molecule is [C-]#[N+]c1c(-c2c(-c3ccc4c(c3)C(CN)=NCC4=O)cnn2C)ccc(Cl)c1CC. The van der Waals surface area contributed by atoms with Gasteiger partial charge >= 0.3 is 0 Å². The Balaban J connectivity index is 1.94. The van der Waals surface area contributed by atoms with Gasteiger partial charge < -0.3 is 5.73 Å². The summed E-state index contributed by atoms with van der Waals surface area (Å²) in [6.07, 6.45) is 2.43. The number of nitrogens with zero attached hydrogens (tertiary/aromatic N) is 4. The first-order valence-electron chi connectivity index (χ1n) is 9.62. The number of halogens is 1. The molecule has 7 heteroatoms. The Morgan fingerprint density at radius 1 is 1.20 bits per heavy atom. The molecule has 0 saturated heterocycles. The van der Waals surface area contributed by atoms with Gasteiger partial charge in [0.1, 0.15) is 6.54 Å². The third-order valence-corrected chi connectivity index (χ3v) is 5.79. The number of rotatable bonds is 4. The van der Waals surface area contributed by atoms with E-state index < -0.39 is 0 Å². The van der Waals surface area contributed by atoms with Crippen LogP contribution in [0.4, 0.5) is 5.69 Å². The Morgan fingerprint density at radius 2 is 1.97 bits per heavy atom. The van der Waals surface area contributed by atoms with Crippen molar-refractivity contribution in [2.75, 3.05) is 13.1 Å². The van der Waals surface area contributed by atoms with Crippen LogP contribution in [0.1, 0.15) is 28.4 Å². The molecule has 0 amide bonds. The van der Waals surface area contributed by atoms with Crippen molar-refractivity contribution in [3.8, 4) is 22.4 Å². The molecule has 150 valence electrons. The highest BCUT2D eigenvalue weighted by Gasteiger charge is 2.23. The lowest BCUT2D eigenvalue weighted by atomic mass is 9.91. The van der Waals surface area contributed by atoms with Crippen molar-refractivity contribution in [1.29, 1.82) is 0 Å². The van der Waals surface area contributed by atoms with Gasteiger partial charge in [-0.25, -0.2) is 4.85 Å². The summed E-state index contributed by atoms with van der Waals surface area (Å²) in [6, 6.07) is 9.36. The van der Waals surface area contributed by atoms with Crippen molar-refractivity contribution >= 4 is 28.8 Å². The van der Waals surface area contributed by atoms with Crippen LogP contribution in [0.5, 0.6) is 0 Å². The van der Waals surface area contributed by atoms with Crippen LogP contribution in [0.15, 0.2) is 41.5 Å². The van der Waals surface area contributed by atoms with Crippen LogP contribution >= 0.6 is 11.6 Å². The molecule has 1 aliphatic heterocycles. The second kappa shape index (κ2) is 7.86. The summed E-state index contributed by atoms with van der Waals surface area (Å²) >= 11 is 6.34. The van der Waals surface area contributed by atoms with Crippen LogP contribution < -0.4 is 5.73 Å². The van der Waals surface area contributed by atoms with Crippen molar-refractivity contribution < 1.29 is 4.79 Å². The van der Waals surface area contributed by atoms with Crippen LogP contribution in [0.3, 0.4) is 0 Å². The van der Waals surface area contributed by atoms with Crippen LogP contribution in [-0.4, -0.2) is 34.4 Å². The molecule has 1 aliphatic rings. The van der Waals surface area contributed by atoms with Gasteiger partial charge in [-0.3, -0.25) is 14.5 Å². The predicted molar refractivity (Wildman–Crippen MR) is 120 cm³/mol. The lowest BCUT2D eigenvalue weighted by Crippen LogP contribution is -2.24. The first kappa shape index (κ1) is 20.0. The zero-order valence-electron chi connectivity index (χ0n) is 16.7. The molecule has 0 bridgehead atoms.